The molecule has 2 aromatic rings. The zero-order valence-electron chi connectivity index (χ0n) is 8.49. The predicted molar refractivity (Wildman–Crippen MR) is 53.8 cm³/mol. The summed E-state index contributed by atoms with van der Waals surface area (Å²) in [6, 6.07) is 0. The van der Waals surface area contributed by atoms with Crippen molar-refractivity contribution in [3.63, 3.8) is 0 Å². The van der Waals surface area contributed by atoms with E-state index in [1.54, 1.807) is 6.33 Å². The lowest BCUT2D eigenvalue weighted by molar-refractivity contribution is 0.755. The Labute approximate surface area is 83.0 Å². The molecule has 0 atom stereocenters. The summed E-state index contributed by atoms with van der Waals surface area (Å²) in [6.07, 6.45) is 7.89. The molecule has 2 rings (SSSR count). The van der Waals surface area contributed by atoms with E-state index in [2.05, 4.69) is 28.1 Å². The van der Waals surface area contributed by atoms with Crippen molar-refractivity contribution in [3.8, 4) is 0 Å². The van der Waals surface area contributed by atoms with Gasteiger partial charge in [0.2, 0.25) is 0 Å². The molecule has 2 heterocycles. The molecule has 1 radical (unpaired) electrons. The molecule has 0 amide bonds. The smallest absolute Gasteiger partial charge is 0.181 e. The fourth-order valence-electron chi connectivity index (χ4n) is 1.34. The average Bonchev–Trinajstić information content (AvgIpc) is 2.57. The van der Waals surface area contributed by atoms with Gasteiger partial charge in [0.1, 0.15) is 17.5 Å². The molecule has 2 aromatic heterocycles. The first-order valence-electron chi connectivity index (χ1n) is 4.87. The van der Waals surface area contributed by atoms with Crippen LogP contribution in [0.2, 0.25) is 0 Å². The van der Waals surface area contributed by atoms with Crippen molar-refractivity contribution < 1.29 is 0 Å². The Morgan fingerprint density at radius 1 is 1.50 bits per heavy atom. The Kier molecular flexibility index (Phi) is 2.43. The van der Waals surface area contributed by atoms with E-state index < -0.39 is 0 Å². The molecule has 4 nitrogen and oxygen atoms in total. The molecule has 0 aliphatic rings. The molecule has 0 aliphatic carbocycles. The Balaban J connectivity index is 2.32. The van der Waals surface area contributed by atoms with Gasteiger partial charge in [-0.25, -0.2) is 15.0 Å². The number of aromatic nitrogens is 4. The van der Waals surface area contributed by atoms with Crippen molar-refractivity contribution in [3.05, 3.63) is 18.3 Å². The summed E-state index contributed by atoms with van der Waals surface area (Å²) >= 11 is 0. The van der Waals surface area contributed by atoms with Crippen molar-refractivity contribution in [2.24, 2.45) is 7.05 Å². The number of nitrogens with zero attached hydrogens (tertiary/aromatic N) is 4. The van der Waals surface area contributed by atoms with Gasteiger partial charge in [-0.3, -0.25) is 0 Å². The van der Waals surface area contributed by atoms with E-state index in [1.807, 2.05) is 11.6 Å². The van der Waals surface area contributed by atoms with E-state index in [0.717, 1.165) is 36.3 Å². The van der Waals surface area contributed by atoms with E-state index in [-0.39, 0.29) is 0 Å². The van der Waals surface area contributed by atoms with Crippen LogP contribution in [0.15, 0.2) is 6.33 Å². The third-order valence-electron chi connectivity index (χ3n) is 2.20. The topological polar surface area (TPSA) is 43.6 Å². The maximum absolute atomic E-state index is 4.36. The first-order chi connectivity index (χ1) is 6.81. The molecular weight excluding hydrogens is 176 g/mol. The van der Waals surface area contributed by atoms with Crippen molar-refractivity contribution in [2.75, 3.05) is 0 Å². The number of aryl methyl sites for hydroxylation is 2. The maximum Gasteiger partial charge on any atom is 0.181 e. The third kappa shape index (κ3) is 1.60. The van der Waals surface area contributed by atoms with E-state index in [9.17, 15) is 0 Å². The largest absolute Gasteiger partial charge is 0.331 e. The van der Waals surface area contributed by atoms with E-state index in [4.69, 9.17) is 0 Å². The number of rotatable bonds is 3. The van der Waals surface area contributed by atoms with Crippen LogP contribution in [0.4, 0.5) is 0 Å². The summed E-state index contributed by atoms with van der Waals surface area (Å²) in [5.74, 6) is 0.845. The quantitative estimate of drug-likeness (QED) is 0.735. The highest BCUT2D eigenvalue weighted by atomic mass is 15.1. The molecule has 73 valence electrons. The predicted octanol–water partition coefficient (Wildman–Crippen LogP) is 1.51. The lowest BCUT2D eigenvalue weighted by Crippen LogP contribution is -1.96. The number of unbranched alkanes of at least 4 members (excludes halogenated alkanes) is 1. The molecule has 14 heavy (non-hydrogen) atoms. The molecule has 0 spiro atoms. The molecule has 0 N–H and O–H groups in total. The van der Waals surface area contributed by atoms with Gasteiger partial charge in [-0.2, -0.15) is 0 Å². The van der Waals surface area contributed by atoms with Crippen LogP contribution in [-0.4, -0.2) is 19.5 Å². The van der Waals surface area contributed by atoms with Crippen molar-refractivity contribution in [1.29, 1.82) is 0 Å². The minimum absolute atomic E-state index is 0.744. The van der Waals surface area contributed by atoms with E-state index in [0.29, 0.717) is 0 Å². The second-order valence-electron chi connectivity index (χ2n) is 3.38. The van der Waals surface area contributed by atoms with Gasteiger partial charge < -0.3 is 4.57 Å². The zero-order chi connectivity index (χ0) is 9.97. The molecule has 0 fully saturated rings. The van der Waals surface area contributed by atoms with Gasteiger partial charge in [-0.05, 0) is 6.42 Å². The Morgan fingerprint density at radius 3 is 3.14 bits per heavy atom. The lowest BCUT2D eigenvalue weighted by atomic mass is 10.2. The van der Waals surface area contributed by atoms with Crippen LogP contribution >= 0.6 is 0 Å². The standard InChI is InChI=1S/C10H13N4/c1-3-4-5-9-11-6-8-10(13-9)12-7-14(8)2/h7H,3-5H2,1-2H3. The van der Waals surface area contributed by atoms with Gasteiger partial charge in [0.05, 0.1) is 6.33 Å². The second kappa shape index (κ2) is 3.74. The van der Waals surface area contributed by atoms with E-state index in [1.165, 1.54) is 0 Å². The third-order valence-corrected chi connectivity index (χ3v) is 2.20. The molecule has 4 heteroatoms. The van der Waals surface area contributed by atoms with Crippen LogP contribution in [-0.2, 0) is 13.5 Å². The first-order valence-corrected chi connectivity index (χ1v) is 4.87. The molecule has 0 bridgehead atoms. The van der Waals surface area contributed by atoms with Crippen LogP contribution in [0.5, 0.6) is 0 Å². The van der Waals surface area contributed by atoms with Gasteiger partial charge in [-0.1, -0.05) is 13.3 Å². The summed E-state index contributed by atoms with van der Waals surface area (Å²) in [4.78, 5) is 12.7. The minimum atomic E-state index is 0.744. The molecular formula is C10H13N4. The summed E-state index contributed by atoms with van der Waals surface area (Å²) in [7, 11) is 1.92. The van der Waals surface area contributed by atoms with Crippen molar-refractivity contribution in [1.82, 2.24) is 19.5 Å². The number of hydrogen-bond donors (Lipinski definition) is 0. The lowest BCUT2D eigenvalue weighted by Gasteiger charge is -1.97. The van der Waals surface area contributed by atoms with Crippen molar-refractivity contribution >= 4 is 11.2 Å². The maximum atomic E-state index is 4.36. The summed E-state index contributed by atoms with van der Waals surface area (Å²) in [6.45, 7) is 2.16. The monoisotopic (exact) mass is 189 g/mol. The van der Waals surface area contributed by atoms with Crippen molar-refractivity contribution in [2.45, 2.75) is 26.2 Å². The van der Waals surface area contributed by atoms with Crippen LogP contribution in [0.1, 0.15) is 25.6 Å². The number of fused-ring (bicyclic) bond motifs is 1. The van der Waals surface area contributed by atoms with Gasteiger partial charge in [0, 0.05) is 13.5 Å². The van der Waals surface area contributed by atoms with Crippen LogP contribution in [0.25, 0.3) is 11.2 Å². The highest BCUT2D eigenvalue weighted by Crippen LogP contribution is 2.07. The molecule has 0 saturated heterocycles. The molecule has 0 unspecified atom stereocenters. The minimum Gasteiger partial charge on any atom is -0.331 e. The van der Waals surface area contributed by atoms with Crippen LogP contribution in [0, 0.1) is 6.20 Å². The number of hydrogen-bond acceptors (Lipinski definition) is 3. The fraction of sp³-hybridized carbons (Fsp3) is 0.500. The highest BCUT2D eigenvalue weighted by molar-refractivity contribution is 5.68. The zero-order valence-corrected chi connectivity index (χ0v) is 8.49. The molecule has 0 aromatic carbocycles. The Bertz CT molecular complexity index is 433. The normalized spacial score (nSPS) is 11.0. The molecule has 0 saturated carbocycles. The second-order valence-corrected chi connectivity index (χ2v) is 3.38. The highest BCUT2D eigenvalue weighted by Gasteiger charge is 2.03. The summed E-state index contributed by atoms with van der Waals surface area (Å²) in [5.41, 5.74) is 1.61. The SMILES string of the molecule is CCCCc1n[c]c2c(ncn2C)n1. The van der Waals surface area contributed by atoms with Gasteiger partial charge in [0.15, 0.2) is 5.65 Å². The number of imidazole rings is 1. The summed E-state index contributed by atoms with van der Waals surface area (Å²) in [5, 5.41) is 0. The molecule has 0 aliphatic heterocycles. The fourth-order valence-corrected chi connectivity index (χ4v) is 1.34. The van der Waals surface area contributed by atoms with Crippen LogP contribution in [0.3, 0.4) is 0 Å². The summed E-state index contributed by atoms with van der Waals surface area (Å²) < 4.78 is 1.87. The van der Waals surface area contributed by atoms with Crippen LogP contribution < -0.4 is 0 Å². The van der Waals surface area contributed by atoms with Gasteiger partial charge in [0.25, 0.3) is 0 Å². The Morgan fingerprint density at radius 2 is 2.36 bits per heavy atom. The average molecular weight is 189 g/mol. The van der Waals surface area contributed by atoms with E-state index >= 15 is 0 Å². The van der Waals surface area contributed by atoms with Gasteiger partial charge >= 0.3 is 0 Å². The Hall–Kier alpha value is -1.45. The first kappa shape index (κ1) is 9.12. The van der Waals surface area contributed by atoms with Gasteiger partial charge in [-0.15, -0.1) is 0 Å².